The van der Waals surface area contributed by atoms with E-state index >= 15 is 0 Å². The Labute approximate surface area is 117 Å². The maximum absolute atomic E-state index is 12.7. The molecule has 2 aromatic rings. The summed E-state index contributed by atoms with van der Waals surface area (Å²) in [6.07, 6.45) is -4.40. The van der Waals surface area contributed by atoms with Gasteiger partial charge in [-0.25, -0.2) is 0 Å². The molecule has 4 heteroatoms. The highest BCUT2D eigenvalue weighted by atomic mass is 19.4. The van der Waals surface area contributed by atoms with E-state index in [0.717, 1.165) is 11.6 Å². The van der Waals surface area contributed by atoms with E-state index in [0.29, 0.717) is 0 Å². The third-order valence-electron chi connectivity index (χ3n) is 2.43. The molecule has 0 aliphatic rings. The van der Waals surface area contributed by atoms with Gasteiger partial charge in [0.25, 0.3) is 0 Å². The van der Waals surface area contributed by atoms with Crippen LogP contribution < -0.4 is 4.74 Å². The molecule has 0 saturated heterocycles. The first-order chi connectivity index (χ1) is 9.57. The molecule has 0 heterocycles. The summed E-state index contributed by atoms with van der Waals surface area (Å²) >= 11 is 0. The van der Waals surface area contributed by atoms with Gasteiger partial charge in [-0.15, -0.1) is 0 Å². The maximum atomic E-state index is 12.7. The van der Waals surface area contributed by atoms with Gasteiger partial charge in [0.05, 0.1) is 5.56 Å². The zero-order valence-electron chi connectivity index (χ0n) is 11.4. The predicted molar refractivity (Wildman–Crippen MR) is 73.6 cm³/mol. The average Bonchev–Trinajstić information content (AvgIpc) is 2.48. The van der Waals surface area contributed by atoms with E-state index in [-0.39, 0.29) is 12.4 Å². The number of alkyl halides is 3. The fourth-order valence-electron chi connectivity index (χ4n) is 1.56. The van der Waals surface area contributed by atoms with Crippen LogP contribution in [0.1, 0.15) is 25.0 Å². The second kappa shape index (κ2) is 7.58. The first kappa shape index (κ1) is 16.1. The fraction of sp³-hybridized carbons (Fsp3) is 0.250. The van der Waals surface area contributed by atoms with Crippen LogP contribution in [0.2, 0.25) is 0 Å². The van der Waals surface area contributed by atoms with Crippen molar-refractivity contribution in [1.29, 1.82) is 0 Å². The van der Waals surface area contributed by atoms with Crippen molar-refractivity contribution in [1.82, 2.24) is 0 Å². The molecule has 2 rings (SSSR count). The van der Waals surface area contributed by atoms with Gasteiger partial charge in [-0.1, -0.05) is 56.3 Å². The Morgan fingerprint density at radius 2 is 1.40 bits per heavy atom. The lowest BCUT2D eigenvalue weighted by Crippen LogP contribution is -2.08. The molecule has 0 amide bonds. The van der Waals surface area contributed by atoms with Crippen LogP contribution in [0.15, 0.2) is 54.6 Å². The second-order valence-electron chi connectivity index (χ2n) is 3.77. The number of ether oxygens (including phenoxy) is 1. The molecule has 20 heavy (non-hydrogen) atoms. The quantitative estimate of drug-likeness (QED) is 0.741. The monoisotopic (exact) mass is 282 g/mol. The molecule has 0 aliphatic heterocycles. The minimum atomic E-state index is -4.40. The molecule has 1 nitrogen and oxygen atoms in total. The average molecular weight is 282 g/mol. The summed E-state index contributed by atoms with van der Waals surface area (Å²) in [4.78, 5) is 0. The number of hydrogen-bond acceptors (Lipinski definition) is 1. The molecule has 0 unspecified atom stereocenters. The predicted octanol–water partition coefficient (Wildman–Crippen LogP) is 5.31. The van der Waals surface area contributed by atoms with Gasteiger partial charge in [0, 0.05) is 0 Å². The lowest BCUT2D eigenvalue weighted by Gasteiger charge is -2.13. The molecular weight excluding hydrogens is 265 g/mol. The van der Waals surface area contributed by atoms with E-state index in [4.69, 9.17) is 4.74 Å². The molecule has 0 aromatic heterocycles. The summed E-state index contributed by atoms with van der Waals surface area (Å²) in [6, 6.07) is 14.3. The number of benzene rings is 2. The Morgan fingerprint density at radius 3 is 2.00 bits per heavy atom. The van der Waals surface area contributed by atoms with Crippen LogP contribution in [-0.2, 0) is 12.8 Å². The smallest absolute Gasteiger partial charge is 0.419 e. The van der Waals surface area contributed by atoms with Gasteiger partial charge in [-0.3, -0.25) is 0 Å². The van der Waals surface area contributed by atoms with Crippen molar-refractivity contribution in [3.05, 3.63) is 65.7 Å². The lowest BCUT2D eigenvalue weighted by atomic mass is 10.2. The molecular formula is C16H17F3O. The summed E-state index contributed by atoms with van der Waals surface area (Å²) in [5, 5.41) is 0. The van der Waals surface area contributed by atoms with Crippen molar-refractivity contribution in [2.45, 2.75) is 26.6 Å². The first-order valence-electron chi connectivity index (χ1n) is 6.40. The topological polar surface area (TPSA) is 9.23 Å². The van der Waals surface area contributed by atoms with E-state index < -0.39 is 11.7 Å². The van der Waals surface area contributed by atoms with Crippen molar-refractivity contribution >= 4 is 0 Å². The molecule has 0 N–H and O–H groups in total. The molecule has 0 spiro atoms. The van der Waals surface area contributed by atoms with Crippen molar-refractivity contribution in [2.75, 3.05) is 0 Å². The van der Waals surface area contributed by atoms with Gasteiger partial charge in [0.15, 0.2) is 0 Å². The van der Waals surface area contributed by atoms with Crippen LogP contribution in [0.25, 0.3) is 0 Å². The fourth-order valence-corrected chi connectivity index (χ4v) is 1.56. The van der Waals surface area contributed by atoms with Crippen LogP contribution in [0.5, 0.6) is 5.75 Å². The highest BCUT2D eigenvalue weighted by molar-refractivity contribution is 5.35. The van der Waals surface area contributed by atoms with E-state index in [1.54, 1.807) is 12.1 Å². The summed E-state index contributed by atoms with van der Waals surface area (Å²) in [6.45, 7) is 4.12. The third kappa shape index (κ3) is 4.61. The van der Waals surface area contributed by atoms with Gasteiger partial charge < -0.3 is 4.74 Å². The van der Waals surface area contributed by atoms with Crippen molar-refractivity contribution in [2.24, 2.45) is 0 Å². The Morgan fingerprint density at radius 1 is 0.850 bits per heavy atom. The van der Waals surface area contributed by atoms with Gasteiger partial charge in [-0.05, 0) is 17.7 Å². The zero-order valence-corrected chi connectivity index (χ0v) is 11.4. The van der Waals surface area contributed by atoms with Crippen molar-refractivity contribution < 1.29 is 17.9 Å². The highest BCUT2D eigenvalue weighted by Gasteiger charge is 2.33. The van der Waals surface area contributed by atoms with E-state index in [1.165, 1.54) is 18.2 Å². The van der Waals surface area contributed by atoms with E-state index in [2.05, 4.69) is 0 Å². The highest BCUT2D eigenvalue weighted by Crippen LogP contribution is 2.36. The second-order valence-corrected chi connectivity index (χ2v) is 3.77. The molecule has 0 aliphatic carbocycles. The number of halogens is 3. The standard InChI is InChI=1S/C14H11F3O.C2H6/c15-14(16,17)12-8-4-5-9-13(12)18-10-11-6-2-1-3-7-11;1-2/h1-9H,10H2;1-2H3. The Hall–Kier alpha value is -1.97. The first-order valence-corrected chi connectivity index (χ1v) is 6.40. The maximum Gasteiger partial charge on any atom is 0.419 e. The van der Waals surface area contributed by atoms with Gasteiger partial charge in [0.2, 0.25) is 0 Å². The van der Waals surface area contributed by atoms with Crippen LogP contribution in [0.3, 0.4) is 0 Å². The summed E-state index contributed by atoms with van der Waals surface area (Å²) in [5.74, 6) is -0.145. The molecule has 0 fully saturated rings. The molecule has 0 atom stereocenters. The van der Waals surface area contributed by atoms with Crippen LogP contribution in [-0.4, -0.2) is 0 Å². The van der Waals surface area contributed by atoms with E-state index in [1.807, 2.05) is 32.0 Å². The molecule has 0 radical (unpaired) electrons. The normalized spacial score (nSPS) is 10.4. The third-order valence-corrected chi connectivity index (χ3v) is 2.43. The Bertz CT molecular complexity index is 507. The number of hydrogen-bond donors (Lipinski definition) is 0. The minimum absolute atomic E-state index is 0.119. The summed E-state index contributed by atoms with van der Waals surface area (Å²) in [7, 11) is 0. The zero-order chi connectivity index (χ0) is 15.0. The molecule has 108 valence electrons. The van der Waals surface area contributed by atoms with Crippen LogP contribution in [0, 0.1) is 0 Å². The van der Waals surface area contributed by atoms with Crippen LogP contribution in [0.4, 0.5) is 13.2 Å². The van der Waals surface area contributed by atoms with Crippen LogP contribution >= 0.6 is 0 Å². The van der Waals surface area contributed by atoms with E-state index in [9.17, 15) is 13.2 Å². The summed E-state index contributed by atoms with van der Waals surface area (Å²) in [5.41, 5.74) is 0.0791. The largest absolute Gasteiger partial charge is 0.488 e. The van der Waals surface area contributed by atoms with Gasteiger partial charge in [-0.2, -0.15) is 13.2 Å². The van der Waals surface area contributed by atoms with Gasteiger partial charge in [0.1, 0.15) is 12.4 Å². The minimum Gasteiger partial charge on any atom is -0.488 e. The number of rotatable bonds is 3. The molecule has 0 saturated carbocycles. The SMILES string of the molecule is CC.FC(F)(F)c1ccccc1OCc1ccccc1. The van der Waals surface area contributed by atoms with Crippen molar-refractivity contribution in [3.8, 4) is 5.75 Å². The lowest BCUT2D eigenvalue weighted by molar-refractivity contribution is -0.139. The molecule has 0 bridgehead atoms. The summed E-state index contributed by atoms with van der Waals surface area (Å²) < 4.78 is 43.3. The molecule has 2 aromatic carbocycles. The number of para-hydroxylation sites is 1. The Kier molecular flexibility index (Phi) is 6.10. The van der Waals surface area contributed by atoms with Crippen molar-refractivity contribution in [3.63, 3.8) is 0 Å². The van der Waals surface area contributed by atoms with Gasteiger partial charge >= 0.3 is 6.18 Å². The Balaban J connectivity index is 0.000000956.